The van der Waals surface area contributed by atoms with Crippen molar-refractivity contribution in [2.45, 2.75) is 44.6 Å². The van der Waals surface area contributed by atoms with E-state index in [1.54, 1.807) is 10.7 Å². The molecule has 2 aromatic rings. The Hall–Kier alpha value is -2.67. The number of nitrogens with zero attached hydrogens (tertiary/aromatic N) is 2. The Morgan fingerprint density at radius 3 is 2.54 bits per heavy atom. The standard InChI is InChI=1S/C19H24N4O3/c1-14-12-16(23(22-14)15-8-4-2-5-9-15)21-18(25)17(24)20-13-19(26)10-6-3-7-11-19/h2,4-5,8-9,12,26H,3,6-7,10-11,13H2,1H3,(H,20,24)(H,21,25). The van der Waals surface area contributed by atoms with Crippen molar-refractivity contribution in [3.63, 3.8) is 0 Å². The maximum absolute atomic E-state index is 12.2. The second-order valence-corrected chi connectivity index (χ2v) is 6.84. The van der Waals surface area contributed by atoms with Crippen LogP contribution in [0.4, 0.5) is 5.82 Å². The van der Waals surface area contributed by atoms with E-state index >= 15 is 0 Å². The van der Waals surface area contributed by atoms with Gasteiger partial charge in [0.15, 0.2) is 0 Å². The molecule has 1 saturated carbocycles. The number of carbonyl (C=O) groups is 2. The molecule has 0 spiro atoms. The molecule has 3 N–H and O–H groups in total. The van der Waals surface area contributed by atoms with E-state index < -0.39 is 17.4 Å². The summed E-state index contributed by atoms with van der Waals surface area (Å²) >= 11 is 0. The van der Waals surface area contributed by atoms with Crippen LogP contribution in [0.1, 0.15) is 37.8 Å². The minimum absolute atomic E-state index is 0.0935. The third-order valence-electron chi connectivity index (χ3n) is 4.64. The molecule has 26 heavy (non-hydrogen) atoms. The van der Waals surface area contributed by atoms with Crippen molar-refractivity contribution in [2.75, 3.05) is 11.9 Å². The van der Waals surface area contributed by atoms with E-state index in [1.165, 1.54) is 0 Å². The highest BCUT2D eigenvalue weighted by molar-refractivity contribution is 6.39. The average molecular weight is 356 g/mol. The molecule has 1 aliphatic rings. The number of carbonyl (C=O) groups excluding carboxylic acids is 2. The van der Waals surface area contributed by atoms with Gasteiger partial charge in [-0.05, 0) is 31.9 Å². The van der Waals surface area contributed by atoms with E-state index in [9.17, 15) is 14.7 Å². The van der Waals surface area contributed by atoms with Crippen LogP contribution in [0.15, 0.2) is 36.4 Å². The van der Waals surface area contributed by atoms with Crippen LogP contribution in [-0.4, -0.2) is 38.8 Å². The summed E-state index contributed by atoms with van der Waals surface area (Å²) in [6.07, 6.45) is 4.27. The largest absolute Gasteiger partial charge is 0.388 e. The molecule has 138 valence electrons. The van der Waals surface area contributed by atoms with Crippen molar-refractivity contribution in [3.8, 4) is 5.69 Å². The number of anilines is 1. The lowest BCUT2D eigenvalue weighted by atomic mass is 9.85. The topological polar surface area (TPSA) is 96.3 Å². The Kier molecular flexibility index (Phi) is 5.37. The fourth-order valence-electron chi connectivity index (χ4n) is 3.24. The Morgan fingerprint density at radius 2 is 1.85 bits per heavy atom. The van der Waals surface area contributed by atoms with Gasteiger partial charge in [-0.2, -0.15) is 5.10 Å². The third kappa shape index (κ3) is 4.29. The van der Waals surface area contributed by atoms with Crippen LogP contribution < -0.4 is 10.6 Å². The molecule has 0 bridgehead atoms. The molecule has 0 radical (unpaired) electrons. The zero-order chi connectivity index (χ0) is 18.6. The Morgan fingerprint density at radius 1 is 1.15 bits per heavy atom. The van der Waals surface area contributed by atoms with E-state index in [0.29, 0.717) is 18.7 Å². The van der Waals surface area contributed by atoms with Crippen LogP contribution >= 0.6 is 0 Å². The number of hydrogen-bond acceptors (Lipinski definition) is 4. The lowest BCUT2D eigenvalue weighted by Gasteiger charge is -2.31. The van der Waals surface area contributed by atoms with Crippen LogP contribution in [-0.2, 0) is 9.59 Å². The number of aryl methyl sites for hydroxylation is 1. The molecule has 1 aromatic heterocycles. The molecule has 0 unspecified atom stereocenters. The van der Waals surface area contributed by atoms with Gasteiger partial charge in [0.2, 0.25) is 0 Å². The highest BCUT2D eigenvalue weighted by Crippen LogP contribution is 2.27. The molecule has 7 nitrogen and oxygen atoms in total. The van der Waals surface area contributed by atoms with Gasteiger partial charge in [-0.1, -0.05) is 37.5 Å². The van der Waals surface area contributed by atoms with Gasteiger partial charge in [-0.15, -0.1) is 0 Å². The number of benzene rings is 1. The highest BCUT2D eigenvalue weighted by atomic mass is 16.3. The van der Waals surface area contributed by atoms with E-state index in [1.807, 2.05) is 37.3 Å². The molecule has 1 aliphatic carbocycles. The van der Waals surface area contributed by atoms with Gasteiger partial charge in [0.25, 0.3) is 0 Å². The fourth-order valence-corrected chi connectivity index (χ4v) is 3.24. The van der Waals surface area contributed by atoms with E-state index in [4.69, 9.17) is 0 Å². The zero-order valence-corrected chi connectivity index (χ0v) is 14.9. The predicted molar refractivity (Wildman–Crippen MR) is 98.0 cm³/mol. The Labute approximate surface area is 152 Å². The summed E-state index contributed by atoms with van der Waals surface area (Å²) in [4.78, 5) is 24.4. The minimum atomic E-state index is -0.906. The van der Waals surface area contributed by atoms with Gasteiger partial charge < -0.3 is 15.7 Å². The SMILES string of the molecule is Cc1cc(NC(=O)C(=O)NCC2(O)CCCCC2)n(-c2ccccc2)n1. The Bertz CT molecular complexity index is 779. The number of aliphatic hydroxyl groups is 1. The number of rotatable bonds is 4. The highest BCUT2D eigenvalue weighted by Gasteiger charge is 2.30. The van der Waals surface area contributed by atoms with Crippen molar-refractivity contribution in [3.05, 3.63) is 42.1 Å². The van der Waals surface area contributed by atoms with E-state index in [0.717, 1.165) is 30.6 Å². The van der Waals surface area contributed by atoms with Crippen molar-refractivity contribution in [2.24, 2.45) is 0 Å². The first-order valence-corrected chi connectivity index (χ1v) is 8.90. The number of amides is 2. The monoisotopic (exact) mass is 356 g/mol. The van der Waals surface area contributed by atoms with Crippen molar-refractivity contribution < 1.29 is 14.7 Å². The maximum Gasteiger partial charge on any atom is 0.314 e. The molecular weight excluding hydrogens is 332 g/mol. The zero-order valence-electron chi connectivity index (χ0n) is 14.9. The summed E-state index contributed by atoms with van der Waals surface area (Å²) in [7, 11) is 0. The normalized spacial score (nSPS) is 16.1. The van der Waals surface area contributed by atoms with Gasteiger partial charge in [-0.3, -0.25) is 9.59 Å². The molecule has 1 aromatic carbocycles. The smallest absolute Gasteiger partial charge is 0.314 e. The van der Waals surface area contributed by atoms with Crippen molar-refractivity contribution in [1.82, 2.24) is 15.1 Å². The quantitative estimate of drug-likeness (QED) is 0.729. The molecule has 2 amide bonds. The fraction of sp³-hybridized carbons (Fsp3) is 0.421. The van der Waals surface area contributed by atoms with Gasteiger partial charge in [-0.25, -0.2) is 4.68 Å². The van der Waals surface area contributed by atoms with E-state index in [2.05, 4.69) is 15.7 Å². The van der Waals surface area contributed by atoms with Crippen LogP contribution in [0.25, 0.3) is 5.69 Å². The van der Waals surface area contributed by atoms with Gasteiger partial charge in [0, 0.05) is 12.6 Å². The van der Waals surface area contributed by atoms with Crippen LogP contribution in [0.2, 0.25) is 0 Å². The average Bonchev–Trinajstić information content (AvgIpc) is 3.01. The van der Waals surface area contributed by atoms with Crippen molar-refractivity contribution >= 4 is 17.6 Å². The Balaban J connectivity index is 1.64. The maximum atomic E-state index is 12.2. The molecule has 0 saturated heterocycles. The lowest BCUT2D eigenvalue weighted by Crippen LogP contribution is -2.47. The van der Waals surface area contributed by atoms with Gasteiger partial charge >= 0.3 is 11.8 Å². The molecule has 1 heterocycles. The number of hydrogen-bond donors (Lipinski definition) is 3. The molecule has 7 heteroatoms. The summed E-state index contributed by atoms with van der Waals surface area (Å²) in [5.41, 5.74) is 0.602. The summed E-state index contributed by atoms with van der Waals surface area (Å²) in [6, 6.07) is 11.1. The van der Waals surface area contributed by atoms with Crippen LogP contribution in [0.3, 0.4) is 0 Å². The summed E-state index contributed by atoms with van der Waals surface area (Å²) in [5, 5.41) is 19.9. The lowest BCUT2D eigenvalue weighted by molar-refractivity contribution is -0.137. The third-order valence-corrected chi connectivity index (χ3v) is 4.64. The molecular formula is C19H24N4O3. The second-order valence-electron chi connectivity index (χ2n) is 6.84. The van der Waals surface area contributed by atoms with E-state index in [-0.39, 0.29) is 6.54 Å². The van der Waals surface area contributed by atoms with Gasteiger partial charge in [0.05, 0.1) is 17.0 Å². The first-order chi connectivity index (χ1) is 12.5. The van der Waals surface area contributed by atoms with Crippen LogP contribution in [0.5, 0.6) is 0 Å². The number of nitrogens with one attached hydrogen (secondary N) is 2. The summed E-state index contributed by atoms with van der Waals surface area (Å²) in [5.74, 6) is -1.12. The van der Waals surface area contributed by atoms with Crippen LogP contribution in [0, 0.1) is 6.92 Å². The van der Waals surface area contributed by atoms with Crippen molar-refractivity contribution in [1.29, 1.82) is 0 Å². The first-order valence-electron chi connectivity index (χ1n) is 8.90. The summed E-state index contributed by atoms with van der Waals surface area (Å²) in [6.45, 7) is 1.91. The predicted octanol–water partition coefficient (Wildman–Crippen LogP) is 1.93. The van der Waals surface area contributed by atoms with Gasteiger partial charge in [0.1, 0.15) is 5.82 Å². The molecule has 0 aliphatic heterocycles. The minimum Gasteiger partial charge on any atom is -0.388 e. The first kappa shape index (κ1) is 18.1. The second kappa shape index (κ2) is 7.70. The molecule has 0 atom stereocenters. The summed E-state index contributed by atoms with van der Waals surface area (Å²) < 4.78 is 1.58. The molecule has 3 rings (SSSR count). The number of aromatic nitrogens is 2. The number of para-hydroxylation sites is 1. The molecule has 1 fully saturated rings.